The van der Waals surface area contributed by atoms with Crippen molar-refractivity contribution in [1.82, 2.24) is 4.90 Å². The number of hydrogen-bond donors (Lipinski definition) is 2. The lowest BCUT2D eigenvalue weighted by Crippen LogP contribution is -2.44. The average Bonchev–Trinajstić information content (AvgIpc) is 3.09. The van der Waals surface area contributed by atoms with Crippen LogP contribution in [0.1, 0.15) is 61.9 Å². The largest absolute Gasteiger partial charge is 0.480 e. The van der Waals surface area contributed by atoms with E-state index in [0.717, 1.165) is 36.0 Å². The molecule has 8 heteroatoms. The lowest BCUT2D eigenvalue weighted by atomic mass is 10.0. The maximum Gasteiger partial charge on any atom is 0.326 e. The van der Waals surface area contributed by atoms with Crippen LogP contribution in [0.2, 0.25) is 0 Å². The smallest absolute Gasteiger partial charge is 0.326 e. The predicted octanol–water partition coefficient (Wildman–Crippen LogP) is 4.49. The van der Waals surface area contributed by atoms with Crippen LogP contribution in [0.3, 0.4) is 0 Å². The van der Waals surface area contributed by atoms with E-state index in [1.807, 2.05) is 24.3 Å². The van der Waals surface area contributed by atoms with Crippen LogP contribution in [0.25, 0.3) is 11.1 Å². The van der Waals surface area contributed by atoms with Gasteiger partial charge < -0.3 is 10.0 Å². The maximum atomic E-state index is 12.8. The molecule has 0 bridgehead atoms. The molecule has 1 aliphatic heterocycles. The Hall–Kier alpha value is -2.87. The van der Waals surface area contributed by atoms with Gasteiger partial charge in [-0.2, -0.15) is 0 Å². The highest BCUT2D eigenvalue weighted by molar-refractivity contribution is 7.93. The summed E-state index contributed by atoms with van der Waals surface area (Å²) in [5, 5.41) is 9.25. The Morgan fingerprint density at radius 2 is 1.67 bits per heavy atom. The van der Waals surface area contributed by atoms with Crippen molar-refractivity contribution < 1.29 is 23.1 Å². The zero-order valence-corrected chi connectivity index (χ0v) is 19.8. The van der Waals surface area contributed by atoms with Gasteiger partial charge in [0.25, 0.3) is 5.91 Å². The summed E-state index contributed by atoms with van der Waals surface area (Å²) >= 11 is 0. The van der Waals surface area contributed by atoms with E-state index in [1.165, 1.54) is 4.90 Å². The van der Waals surface area contributed by atoms with Gasteiger partial charge in [0.1, 0.15) is 6.04 Å². The number of carbonyl (C=O) groups excluding carboxylic acids is 1. The van der Waals surface area contributed by atoms with Gasteiger partial charge in [-0.25, -0.2) is 13.2 Å². The highest BCUT2D eigenvalue weighted by Gasteiger charge is 2.38. The Morgan fingerprint density at radius 1 is 1.03 bits per heavy atom. The highest BCUT2D eigenvalue weighted by Crippen LogP contribution is 2.32. The fraction of sp³-hybridized carbons (Fsp3) is 0.440. The van der Waals surface area contributed by atoms with E-state index in [-0.39, 0.29) is 23.6 Å². The molecule has 0 saturated heterocycles. The standard InChI is InChI=1S/C25H30N2O5S/c1-16(2)23(25(29)30)27-15-19-14-18(10-13-22(19)24(27)28)17-8-11-20(12-9-17)26-33(31,32)21-6-4-3-5-7-21/h8-14,16,21,23,26H,3-7,15H2,1-2H3,(H,29,30). The molecular weight excluding hydrogens is 440 g/mol. The van der Waals surface area contributed by atoms with Gasteiger partial charge in [-0.1, -0.05) is 51.3 Å². The van der Waals surface area contributed by atoms with Gasteiger partial charge >= 0.3 is 5.97 Å². The molecule has 1 heterocycles. The summed E-state index contributed by atoms with van der Waals surface area (Å²) < 4.78 is 28.0. The van der Waals surface area contributed by atoms with E-state index < -0.39 is 22.0 Å². The number of anilines is 1. The molecule has 7 nitrogen and oxygen atoms in total. The number of carboxylic acids is 1. The van der Waals surface area contributed by atoms with Gasteiger partial charge in [-0.3, -0.25) is 9.52 Å². The molecule has 2 aromatic rings. The van der Waals surface area contributed by atoms with Gasteiger partial charge in [-0.05, 0) is 59.7 Å². The molecule has 2 aliphatic rings. The first-order chi connectivity index (χ1) is 15.7. The number of aliphatic carboxylic acids is 1. The van der Waals surface area contributed by atoms with Gasteiger partial charge in [0.15, 0.2) is 0 Å². The number of fused-ring (bicyclic) bond motifs is 1. The first kappa shape index (κ1) is 23.3. The molecule has 0 spiro atoms. The van der Waals surface area contributed by atoms with Crippen LogP contribution in [0.4, 0.5) is 5.69 Å². The zero-order chi connectivity index (χ0) is 23.8. The normalized spacial score (nSPS) is 17.8. The number of sulfonamides is 1. The molecule has 2 N–H and O–H groups in total. The number of benzene rings is 2. The van der Waals surface area contributed by atoms with Crippen molar-refractivity contribution in [2.75, 3.05) is 4.72 Å². The number of nitrogens with zero attached hydrogens (tertiary/aromatic N) is 1. The first-order valence-electron chi connectivity index (χ1n) is 11.5. The van der Waals surface area contributed by atoms with E-state index in [1.54, 1.807) is 32.0 Å². The summed E-state index contributed by atoms with van der Waals surface area (Å²) in [5.74, 6) is -1.46. The summed E-state index contributed by atoms with van der Waals surface area (Å²) in [4.78, 5) is 25.9. The minimum atomic E-state index is -3.40. The molecule has 1 fully saturated rings. The summed E-state index contributed by atoms with van der Waals surface area (Å²) in [6.45, 7) is 3.85. The van der Waals surface area contributed by atoms with Crippen LogP contribution in [-0.4, -0.2) is 41.6 Å². The first-order valence-corrected chi connectivity index (χ1v) is 13.0. The number of amides is 1. The monoisotopic (exact) mass is 470 g/mol. The fourth-order valence-corrected chi connectivity index (χ4v) is 6.46. The number of carboxylic acid groups (broad SMARTS) is 1. The Bertz CT molecular complexity index is 1150. The van der Waals surface area contributed by atoms with E-state index in [9.17, 15) is 23.1 Å². The minimum Gasteiger partial charge on any atom is -0.480 e. The molecular formula is C25H30N2O5S. The molecule has 0 aromatic heterocycles. The van der Waals surface area contributed by atoms with Crippen LogP contribution in [0.5, 0.6) is 0 Å². The molecule has 1 unspecified atom stereocenters. The molecule has 33 heavy (non-hydrogen) atoms. The molecule has 1 amide bonds. The maximum absolute atomic E-state index is 12.8. The fourth-order valence-electron chi connectivity index (χ4n) is 4.88. The van der Waals surface area contributed by atoms with Gasteiger partial charge in [0, 0.05) is 17.8 Å². The van der Waals surface area contributed by atoms with E-state index in [2.05, 4.69) is 4.72 Å². The lowest BCUT2D eigenvalue weighted by Gasteiger charge is -2.27. The molecule has 1 atom stereocenters. The quantitative estimate of drug-likeness (QED) is 0.620. The second kappa shape index (κ2) is 9.17. The van der Waals surface area contributed by atoms with Gasteiger partial charge in [-0.15, -0.1) is 0 Å². The minimum absolute atomic E-state index is 0.204. The van der Waals surface area contributed by atoms with Crippen LogP contribution in [-0.2, 0) is 21.4 Å². The molecule has 0 radical (unpaired) electrons. The Kier molecular flexibility index (Phi) is 6.47. The molecule has 4 rings (SSSR count). The Labute approximate surface area is 194 Å². The van der Waals surface area contributed by atoms with Crippen molar-refractivity contribution >= 4 is 27.6 Å². The second-order valence-electron chi connectivity index (χ2n) is 9.32. The predicted molar refractivity (Wildman–Crippen MR) is 127 cm³/mol. The van der Waals surface area contributed by atoms with Crippen LogP contribution < -0.4 is 4.72 Å². The average molecular weight is 471 g/mol. The van der Waals surface area contributed by atoms with Crippen molar-refractivity contribution in [2.45, 2.75) is 63.8 Å². The number of nitrogens with one attached hydrogen (secondary N) is 1. The van der Waals surface area contributed by atoms with E-state index >= 15 is 0 Å². The van der Waals surface area contributed by atoms with Crippen molar-refractivity contribution in [2.24, 2.45) is 5.92 Å². The summed E-state index contributed by atoms with van der Waals surface area (Å²) in [6.07, 6.45) is 4.41. The van der Waals surface area contributed by atoms with E-state index in [0.29, 0.717) is 24.1 Å². The third-order valence-electron chi connectivity index (χ3n) is 6.63. The molecule has 176 valence electrons. The van der Waals surface area contributed by atoms with Crippen molar-refractivity contribution in [3.05, 3.63) is 53.6 Å². The van der Waals surface area contributed by atoms with Crippen LogP contribution in [0, 0.1) is 5.92 Å². The van der Waals surface area contributed by atoms with Crippen LogP contribution in [0.15, 0.2) is 42.5 Å². The highest BCUT2D eigenvalue weighted by atomic mass is 32.2. The summed E-state index contributed by atoms with van der Waals surface area (Å²) in [6, 6.07) is 11.8. The second-order valence-corrected chi connectivity index (χ2v) is 11.3. The number of carbonyl (C=O) groups is 2. The van der Waals surface area contributed by atoms with Crippen molar-refractivity contribution in [3.63, 3.8) is 0 Å². The Morgan fingerprint density at radius 3 is 2.27 bits per heavy atom. The third kappa shape index (κ3) is 4.76. The summed E-state index contributed by atoms with van der Waals surface area (Å²) in [7, 11) is -3.40. The molecule has 1 aliphatic carbocycles. The van der Waals surface area contributed by atoms with Crippen molar-refractivity contribution in [3.8, 4) is 11.1 Å². The topological polar surface area (TPSA) is 104 Å². The van der Waals surface area contributed by atoms with Crippen molar-refractivity contribution in [1.29, 1.82) is 0 Å². The lowest BCUT2D eigenvalue weighted by molar-refractivity contribution is -0.144. The zero-order valence-electron chi connectivity index (χ0n) is 19.0. The third-order valence-corrected chi connectivity index (χ3v) is 8.50. The van der Waals surface area contributed by atoms with E-state index in [4.69, 9.17) is 0 Å². The van der Waals surface area contributed by atoms with Gasteiger partial charge in [0.05, 0.1) is 5.25 Å². The number of hydrogen-bond acceptors (Lipinski definition) is 4. The van der Waals surface area contributed by atoms with Gasteiger partial charge in [0.2, 0.25) is 10.0 Å². The molecule has 2 aromatic carbocycles. The Balaban J connectivity index is 1.51. The SMILES string of the molecule is CC(C)C(C(=O)O)N1Cc2cc(-c3ccc(NS(=O)(=O)C4CCCCC4)cc3)ccc2C1=O. The number of rotatable bonds is 7. The summed E-state index contributed by atoms with van der Waals surface area (Å²) in [5.41, 5.74) is 3.64. The van der Waals surface area contributed by atoms with Crippen LogP contribution >= 0.6 is 0 Å². The molecule has 1 saturated carbocycles.